The third-order valence-electron chi connectivity index (χ3n) is 2.98. The van der Waals surface area contributed by atoms with E-state index in [4.69, 9.17) is 5.11 Å². The molecule has 0 aliphatic carbocycles. The molecule has 0 aliphatic heterocycles. The van der Waals surface area contributed by atoms with Crippen molar-refractivity contribution in [3.63, 3.8) is 0 Å². The number of aliphatic hydroxyl groups excluding tert-OH is 1. The first-order valence-electron chi connectivity index (χ1n) is 6.60. The zero-order chi connectivity index (χ0) is 14.4. The molecule has 1 aromatic carbocycles. The molecule has 0 radical (unpaired) electrons. The van der Waals surface area contributed by atoms with Crippen molar-refractivity contribution in [2.75, 3.05) is 38.6 Å². The maximum Gasteiger partial charge on any atom is 0.290 e. The van der Waals surface area contributed by atoms with Crippen LogP contribution in [0, 0.1) is 5.21 Å². The number of rotatable bonds is 7. The minimum Gasteiger partial charge on any atom is -0.594 e. The monoisotopic (exact) mass is 277 g/mol. The second-order valence-electron chi connectivity index (χ2n) is 4.60. The molecule has 0 amide bonds. The molecule has 7 nitrogen and oxygen atoms in total. The number of fused-ring (bicyclic) bond motifs is 1. The van der Waals surface area contributed by atoms with Crippen LogP contribution in [0.2, 0.25) is 0 Å². The fraction of sp³-hybridized carbons (Fsp3) is 0.462. The van der Waals surface area contributed by atoms with Crippen molar-refractivity contribution in [3.05, 3.63) is 29.5 Å². The molecule has 2 N–H and O–H groups in total. The van der Waals surface area contributed by atoms with Crippen molar-refractivity contribution in [3.8, 4) is 0 Å². The fourth-order valence-electron chi connectivity index (χ4n) is 1.90. The molecule has 108 valence electrons. The molecule has 1 aromatic heterocycles. The summed E-state index contributed by atoms with van der Waals surface area (Å²) < 4.78 is 0. The number of aliphatic hydroxyl groups is 1. The van der Waals surface area contributed by atoms with Crippen LogP contribution in [0.4, 0.5) is 5.95 Å². The van der Waals surface area contributed by atoms with Crippen LogP contribution in [0.15, 0.2) is 24.3 Å². The van der Waals surface area contributed by atoms with Crippen molar-refractivity contribution in [2.24, 2.45) is 0 Å². The van der Waals surface area contributed by atoms with Gasteiger partial charge in [0, 0.05) is 19.2 Å². The van der Waals surface area contributed by atoms with Crippen molar-refractivity contribution < 1.29 is 9.95 Å². The minimum atomic E-state index is 0.161. The second kappa shape index (κ2) is 6.97. The maximum atomic E-state index is 11.7. The van der Waals surface area contributed by atoms with Gasteiger partial charge in [0.1, 0.15) is 5.52 Å². The number of anilines is 1. The first-order chi connectivity index (χ1) is 9.70. The molecule has 0 atom stereocenters. The van der Waals surface area contributed by atoms with Crippen LogP contribution in [0.5, 0.6) is 0 Å². The van der Waals surface area contributed by atoms with E-state index < -0.39 is 0 Å². The van der Waals surface area contributed by atoms with E-state index in [1.807, 2.05) is 18.0 Å². The molecule has 0 fully saturated rings. The molecule has 0 bridgehead atoms. The van der Waals surface area contributed by atoms with Crippen molar-refractivity contribution >= 4 is 17.0 Å². The van der Waals surface area contributed by atoms with Gasteiger partial charge >= 0.3 is 0 Å². The van der Waals surface area contributed by atoms with Crippen molar-refractivity contribution in [1.29, 1.82) is 0 Å². The molecule has 0 aliphatic rings. The van der Waals surface area contributed by atoms with Gasteiger partial charge in [-0.05, 0) is 30.9 Å². The highest BCUT2D eigenvalue weighted by Gasteiger charge is 2.09. The zero-order valence-corrected chi connectivity index (χ0v) is 11.5. The molecule has 1 heterocycles. The van der Waals surface area contributed by atoms with Crippen LogP contribution < -0.4 is 10.2 Å². The quantitative estimate of drug-likeness (QED) is 0.420. The molecular weight excluding hydrogens is 258 g/mol. The first kappa shape index (κ1) is 14.4. The Hall–Kier alpha value is -1.99. The Labute approximate surface area is 117 Å². The molecule has 0 saturated carbocycles. The van der Waals surface area contributed by atoms with E-state index in [1.54, 1.807) is 18.2 Å². The molecule has 0 unspecified atom stereocenters. The minimum absolute atomic E-state index is 0.161. The molecule has 0 saturated heterocycles. The standard InChI is InChI=1S/C13H19N5O2/c1-17(9-10-19)8-4-7-14-13-15-11-5-2-3-6-12(11)18(20)16-13/h2-3,5-6,19H,4,7-10H2,1H3,(H,14,15,16). The van der Waals surface area contributed by atoms with Gasteiger partial charge < -0.3 is 20.5 Å². The zero-order valence-electron chi connectivity index (χ0n) is 11.5. The normalized spacial score (nSPS) is 11.2. The smallest absolute Gasteiger partial charge is 0.290 e. The fourth-order valence-corrected chi connectivity index (χ4v) is 1.90. The summed E-state index contributed by atoms with van der Waals surface area (Å²) in [4.78, 5) is 6.92. The second-order valence-corrected chi connectivity index (χ2v) is 4.60. The van der Waals surface area contributed by atoms with Crippen molar-refractivity contribution in [2.45, 2.75) is 6.42 Å². The van der Waals surface area contributed by atoms with E-state index in [9.17, 15) is 5.21 Å². The van der Waals surface area contributed by atoms with E-state index in [-0.39, 0.29) is 6.61 Å². The average molecular weight is 277 g/mol. The Morgan fingerprint density at radius 1 is 1.35 bits per heavy atom. The summed E-state index contributed by atoms with van der Waals surface area (Å²) in [5.41, 5.74) is 1.08. The van der Waals surface area contributed by atoms with Crippen LogP contribution in [-0.4, -0.2) is 53.4 Å². The Bertz CT molecular complexity index is 563. The first-order valence-corrected chi connectivity index (χ1v) is 6.60. The molecule has 2 aromatic rings. The number of benzene rings is 1. The molecule has 7 heteroatoms. The number of para-hydroxylation sites is 2. The lowest BCUT2D eigenvalue weighted by Crippen LogP contribution is -2.33. The topological polar surface area (TPSA) is 88.2 Å². The van der Waals surface area contributed by atoms with E-state index in [0.29, 0.717) is 34.9 Å². The molecule has 2 rings (SSSR count). The lowest BCUT2D eigenvalue weighted by Gasteiger charge is -2.14. The summed E-state index contributed by atoms with van der Waals surface area (Å²) in [6.07, 6.45) is 0.880. The number of nitrogens with one attached hydrogen (secondary N) is 1. The summed E-state index contributed by atoms with van der Waals surface area (Å²) in [6, 6.07) is 7.09. The van der Waals surface area contributed by atoms with Gasteiger partial charge in [-0.1, -0.05) is 12.1 Å². The number of hydrogen-bond acceptors (Lipinski definition) is 6. The van der Waals surface area contributed by atoms with Crippen LogP contribution in [0.3, 0.4) is 0 Å². The summed E-state index contributed by atoms with van der Waals surface area (Å²) >= 11 is 0. The molecular formula is C13H19N5O2. The van der Waals surface area contributed by atoms with Gasteiger partial charge in [0.2, 0.25) is 0 Å². The van der Waals surface area contributed by atoms with E-state index >= 15 is 0 Å². The van der Waals surface area contributed by atoms with Gasteiger partial charge in [-0.3, -0.25) is 0 Å². The van der Waals surface area contributed by atoms with Gasteiger partial charge in [-0.15, -0.1) is 0 Å². The predicted octanol–water partition coefficient (Wildman–Crippen LogP) is -0.0107. The number of likely N-dealkylation sites (N-methyl/N-ethyl adjacent to an activating group) is 1. The lowest BCUT2D eigenvalue weighted by molar-refractivity contribution is -0.641. The van der Waals surface area contributed by atoms with E-state index in [1.165, 1.54) is 0 Å². The van der Waals surface area contributed by atoms with Gasteiger partial charge in [-0.2, -0.15) is 0 Å². The summed E-state index contributed by atoms with van der Waals surface area (Å²) in [5.74, 6) is 0.337. The number of aromatic nitrogens is 3. The SMILES string of the molecule is CN(CCO)CCCNc1nc2ccccc2[n+]([O-])n1. The van der Waals surface area contributed by atoms with Gasteiger partial charge in [-0.25, -0.2) is 4.98 Å². The maximum absolute atomic E-state index is 11.7. The van der Waals surface area contributed by atoms with Crippen molar-refractivity contribution in [1.82, 2.24) is 15.0 Å². The molecule has 0 spiro atoms. The Morgan fingerprint density at radius 3 is 2.95 bits per heavy atom. The highest BCUT2D eigenvalue weighted by molar-refractivity contribution is 5.71. The summed E-state index contributed by atoms with van der Waals surface area (Å²) in [6.45, 7) is 2.35. The van der Waals surface area contributed by atoms with Crippen LogP contribution in [0.25, 0.3) is 11.0 Å². The van der Waals surface area contributed by atoms with Crippen LogP contribution in [0.1, 0.15) is 6.42 Å². The molecule has 20 heavy (non-hydrogen) atoms. The van der Waals surface area contributed by atoms with Crippen LogP contribution >= 0.6 is 0 Å². The van der Waals surface area contributed by atoms with Gasteiger partial charge in [0.25, 0.3) is 11.5 Å². The number of hydrogen-bond donors (Lipinski definition) is 2. The predicted molar refractivity (Wildman–Crippen MR) is 76.2 cm³/mol. The largest absolute Gasteiger partial charge is 0.594 e. The van der Waals surface area contributed by atoms with E-state index in [0.717, 1.165) is 13.0 Å². The third-order valence-corrected chi connectivity index (χ3v) is 2.98. The average Bonchev–Trinajstić information content (AvgIpc) is 2.44. The number of nitrogens with zero attached hydrogens (tertiary/aromatic N) is 4. The summed E-state index contributed by atoms with van der Waals surface area (Å²) in [5, 5.41) is 27.4. The van der Waals surface area contributed by atoms with Crippen LogP contribution in [-0.2, 0) is 0 Å². The van der Waals surface area contributed by atoms with Gasteiger partial charge in [0.15, 0.2) is 0 Å². The lowest BCUT2D eigenvalue weighted by atomic mass is 10.3. The highest BCUT2D eigenvalue weighted by atomic mass is 16.5. The Kier molecular flexibility index (Phi) is 5.03. The Morgan fingerprint density at radius 2 is 2.15 bits per heavy atom. The summed E-state index contributed by atoms with van der Waals surface area (Å²) in [7, 11) is 1.95. The third kappa shape index (κ3) is 3.75. The van der Waals surface area contributed by atoms with Gasteiger partial charge in [0.05, 0.1) is 11.7 Å². The van der Waals surface area contributed by atoms with E-state index in [2.05, 4.69) is 15.4 Å². The highest BCUT2D eigenvalue weighted by Crippen LogP contribution is 2.07. The Balaban J connectivity index is 1.90.